The van der Waals surface area contributed by atoms with Gasteiger partial charge in [-0.2, -0.15) is 0 Å². The second-order valence-corrected chi connectivity index (χ2v) is 5.74. The van der Waals surface area contributed by atoms with Crippen LogP contribution in [0, 0.1) is 5.41 Å². The highest BCUT2D eigenvalue weighted by Gasteiger charge is 2.54. The van der Waals surface area contributed by atoms with E-state index in [2.05, 4.69) is 11.9 Å². The third-order valence-corrected chi connectivity index (χ3v) is 4.73. The number of methoxy groups -OCH3 is 2. The van der Waals surface area contributed by atoms with Gasteiger partial charge in [-0.15, -0.1) is 0 Å². The van der Waals surface area contributed by atoms with E-state index in [4.69, 9.17) is 15.2 Å². The Bertz CT molecular complexity index is 497. The second-order valence-electron chi connectivity index (χ2n) is 5.74. The fraction of sp³-hybridized carbons (Fsp3) is 0.600. The molecular weight excluding hydrogens is 240 g/mol. The Morgan fingerprint density at radius 3 is 2.42 bits per heavy atom. The highest BCUT2D eigenvalue weighted by molar-refractivity contribution is 5.71. The molecule has 0 aromatic heterocycles. The Hall–Kier alpha value is -1.42. The minimum Gasteiger partial charge on any atom is -0.496 e. The number of hydrogen-bond acceptors (Lipinski definition) is 4. The van der Waals surface area contributed by atoms with E-state index < -0.39 is 0 Å². The molecule has 3 rings (SSSR count). The van der Waals surface area contributed by atoms with E-state index in [-0.39, 0.29) is 0 Å². The summed E-state index contributed by atoms with van der Waals surface area (Å²) in [5, 5.41) is 0. The monoisotopic (exact) mass is 262 g/mol. The predicted molar refractivity (Wildman–Crippen MR) is 76.3 cm³/mol. The maximum atomic E-state index is 6.08. The number of nitrogens with zero attached hydrogens (tertiary/aromatic N) is 1. The molecule has 1 unspecified atom stereocenters. The van der Waals surface area contributed by atoms with Crippen molar-refractivity contribution in [1.29, 1.82) is 0 Å². The highest BCUT2D eigenvalue weighted by Crippen LogP contribution is 2.62. The van der Waals surface area contributed by atoms with E-state index >= 15 is 0 Å². The van der Waals surface area contributed by atoms with Crippen LogP contribution in [0.2, 0.25) is 0 Å². The smallest absolute Gasteiger partial charge is 0.142 e. The standard InChI is InChI=1S/C15H22N2O2/c1-17-9-15(6-7-15)10(8-16)13-11(18-2)4-5-12(19-3)14(13)17/h4-5,10H,6-9,16H2,1-3H3. The van der Waals surface area contributed by atoms with Gasteiger partial charge < -0.3 is 20.1 Å². The van der Waals surface area contributed by atoms with Crippen LogP contribution in [-0.2, 0) is 0 Å². The van der Waals surface area contributed by atoms with Crippen LogP contribution in [0.3, 0.4) is 0 Å². The SMILES string of the molecule is COc1ccc(OC)c2c1C(CN)C1(CC1)CN2C. The molecule has 1 aromatic carbocycles. The predicted octanol–water partition coefficient (Wildman–Crippen LogP) is 1.98. The molecule has 19 heavy (non-hydrogen) atoms. The first-order chi connectivity index (χ1) is 9.16. The summed E-state index contributed by atoms with van der Waals surface area (Å²) in [6.07, 6.45) is 2.53. The summed E-state index contributed by atoms with van der Waals surface area (Å²) in [6.45, 7) is 1.73. The van der Waals surface area contributed by atoms with Gasteiger partial charge in [-0.25, -0.2) is 0 Å². The van der Waals surface area contributed by atoms with Gasteiger partial charge in [0.25, 0.3) is 0 Å². The van der Waals surface area contributed by atoms with Gasteiger partial charge in [0.1, 0.15) is 11.5 Å². The zero-order valence-electron chi connectivity index (χ0n) is 11.9. The van der Waals surface area contributed by atoms with Gasteiger partial charge in [-0.1, -0.05) is 0 Å². The van der Waals surface area contributed by atoms with Gasteiger partial charge in [0.05, 0.1) is 19.9 Å². The summed E-state index contributed by atoms with van der Waals surface area (Å²) in [6, 6.07) is 3.97. The van der Waals surface area contributed by atoms with Crippen LogP contribution in [0.4, 0.5) is 5.69 Å². The minimum atomic E-state index is 0.357. The molecule has 0 saturated heterocycles. The van der Waals surface area contributed by atoms with Crippen molar-refractivity contribution in [1.82, 2.24) is 0 Å². The van der Waals surface area contributed by atoms with Crippen LogP contribution in [0.15, 0.2) is 12.1 Å². The first kappa shape index (κ1) is 12.6. The number of anilines is 1. The molecule has 0 amide bonds. The molecule has 1 aliphatic carbocycles. The number of rotatable bonds is 3. The van der Waals surface area contributed by atoms with Gasteiger partial charge >= 0.3 is 0 Å². The Kier molecular flexibility index (Phi) is 2.86. The van der Waals surface area contributed by atoms with E-state index in [0.717, 1.165) is 23.7 Å². The molecule has 2 N–H and O–H groups in total. The average molecular weight is 262 g/mol. The molecule has 0 bridgehead atoms. The lowest BCUT2D eigenvalue weighted by atomic mass is 9.78. The molecule has 104 valence electrons. The van der Waals surface area contributed by atoms with E-state index in [9.17, 15) is 0 Å². The summed E-state index contributed by atoms with van der Waals surface area (Å²) in [5.41, 5.74) is 8.82. The normalized spacial score (nSPS) is 23.2. The number of hydrogen-bond donors (Lipinski definition) is 1. The topological polar surface area (TPSA) is 47.7 Å². The number of ether oxygens (including phenoxy) is 2. The molecule has 1 fully saturated rings. The number of fused-ring (bicyclic) bond motifs is 1. The molecule has 1 spiro atoms. The number of nitrogens with two attached hydrogens (primary N) is 1. The van der Waals surface area contributed by atoms with E-state index in [1.807, 2.05) is 12.1 Å². The van der Waals surface area contributed by atoms with Crippen molar-refractivity contribution in [3.8, 4) is 11.5 Å². The number of benzene rings is 1. The Morgan fingerprint density at radius 1 is 1.26 bits per heavy atom. The lowest BCUT2D eigenvalue weighted by Crippen LogP contribution is -2.39. The quantitative estimate of drug-likeness (QED) is 0.905. The van der Waals surface area contributed by atoms with Crippen LogP contribution < -0.4 is 20.1 Å². The largest absolute Gasteiger partial charge is 0.496 e. The maximum Gasteiger partial charge on any atom is 0.142 e. The Morgan fingerprint density at radius 2 is 1.89 bits per heavy atom. The molecule has 0 radical (unpaired) electrons. The summed E-state index contributed by atoms with van der Waals surface area (Å²) in [7, 11) is 5.58. The molecular formula is C15H22N2O2. The van der Waals surface area contributed by atoms with E-state index in [1.165, 1.54) is 18.4 Å². The summed E-state index contributed by atoms with van der Waals surface area (Å²) < 4.78 is 11.1. The molecule has 4 nitrogen and oxygen atoms in total. The second kappa shape index (κ2) is 4.30. The van der Waals surface area contributed by atoms with Crippen LogP contribution in [0.5, 0.6) is 11.5 Å². The van der Waals surface area contributed by atoms with Gasteiger partial charge in [-0.05, 0) is 30.4 Å². The average Bonchev–Trinajstić information content (AvgIpc) is 3.17. The maximum absolute atomic E-state index is 6.08. The van der Waals surface area contributed by atoms with Crippen molar-refractivity contribution in [3.63, 3.8) is 0 Å². The van der Waals surface area contributed by atoms with Crippen molar-refractivity contribution in [2.75, 3.05) is 39.3 Å². The summed E-state index contributed by atoms with van der Waals surface area (Å²) in [5.74, 6) is 2.22. The fourth-order valence-corrected chi connectivity index (χ4v) is 3.65. The molecule has 1 saturated carbocycles. The van der Waals surface area contributed by atoms with Crippen LogP contribution in [0.25, 0.3) is 0 Å². The molecule has 1 aliphatic heterocycles. The minimum absolute atomic E-state index is 0.357. The van der Waals surface area contributed by atoms with E-state index in [0.29, 0.717) is 17.9 Å². The van der Waals surface area contributed by atoms with Gasteiger partial charge in [0.2, 0.25) is 0 Å². The van der Waals surface area contributed by atoms with Crippen molar-refractivity contribution < 1.29 is 9.47 Å². The fourth-order valence-electron chi connectivity index (χ4n) is 3.65. The van der Waals surface area contributed by atoms with Crippen molar-refractivity contribution in [2.45, 2.75) is 18.8 Å². The molecule has 2 aliphatic rings. The first-order valence-electron chi connectivity index (χ1n) is 6.83. The third kappa shape index (κ3) is 1.70. The van der Waals surface area contributed by atoms with Gasteiger partial charge in [0, 0.05) is 31.6 Å². The zero-order valence-corrected chi connectivity index (χ0v) is 11.9. The van der Waals surface area contributed by atoms with Crippen LogP contribution in [-0.4, -0.2) is 34.4 Å². The van der Waals surface area contributed by atoms with Crippen LogP contribution >= 0.6 is 0 Å². The molecule has 1 heterocycles. The zero-order chi connectivity index (χ0) is 13.6. The van der Waals surface area contributed by atoms with Gasteiger partial charge in [-0.3, -0.25) is 0 Å². The van der Waals surface area contributed by atoms with Crippen LogP contribution in [0.1, 0.15) is 24.3 Å². The van der Waals surface area contributed by atoms with Crippen molar-refractivity contribution in [3.05, 3.63) is 17.7 Å². The van der Waals surface area contributed by atoms with Crippen molar-refractivity contribution >= 4 is 5.69 Å². The summed E-state index contributed by atoms with van der Waals surface area (Å²) >= 11 is 0. The molecule has 4 heteroatoms. The first-order valence-corrected chi connectivity index (χ1v) is 6.83. The highest BCUT2D eigenvalue weighted by atomic mass is 16.5. The van der Waals surface area contributed by atoms with Gasteiger partial charge in [0.15, 0.2) is 0 Å². The van der Waals surface area contributed by atoms with Crippen molar-refractivity contribution in [2.24, 2.45) is 11.1 Å². The lowest BCUT2D eigenvalue weighted by Gasteiger charge is -2.41. The third-order valence-electron chi connectivity index (χ3n) is 4.73. The summed E-state index contributed by atoms with van der Waals surface area (Å²) in [4.78, 5) is 2.30. The lowest BCUT2D eigenvalue weighted by molar-refractivity contribution is 0.349. The Labute approximate surface area is 114 Å². The Balaban J connectivity index is 2.21. The molecule has 1 aromatic rings. The van der Waals surface area contributed by atoms with E-state index in [1.54, 1.807) is 14.2 Å². The molecule has 1 atom stereocenters.